The second-order valence-corrected chi connectivity index (χ2v) is 6.93. The number of benzene rings is 2. The summed E-state index contributed by atoms with van der Waals surface area (Å²) in [6, 6.07) is 17.4. The van der Waals surface area contributed by atoms with Gasteiger partial charge in [0.05, 0.1) is 6.61 Å². The number of carbonyl (C=O) groups is 2. The Morgan fingerprint density at radius 1 is 0.966 bits per heavy atom. The summed E-state index contributed by atoms with van der Waals surface area (Å²) >= 11 is 5.16. The van der Waals surface area contributed by atoms with E-state index in [2.05, 4.69) is 21.5 Å². The summed E-state index contributed by atoms with van der Waals surface area (Å²) in [4.78, 5) is 25.3. The smallest absolute Gasteiger partial charge is 0.261 e. The summed E-state index contributed by atoms with van der Waals surface area (Å²) in [5, 5.41) is 6.04. The van der Waals surface area contributed by atoms with E-state index in [4.69, 9.17) is 17.0 Å². The number of carbonyl (C=O) groups excluding carboxylic acids is 2. The molecule has 2 atom stereocenters. The van der Waals surface area contributed by atoms with Gasteiger partial charge in [-0.15, -0.1) is 0 Å². The molecule has 8 heteroatoms. The molecule has 4 N–H and O–H groups in total. The molecule has 0 aliphatic heterocycles. The standard InChI is InChI=1S/C21H26N4O3S/c1-15(14-28-2)22-21(29)25-24-20(27)18(13-16-9-5-3-6-10-16)23-19(26)17-11-7-4-8-12-17/h3-12,15,18H,13-14H2,1-2H3,(H,23,26)(H,24,27)(H2,22,25,29)/t15-,18-/m1/s1. The quantitative estimate of drug-likeness (QED) is 0.387. The second-order valence-electron chi connectivity index (χ2n) is 6.53. The minimum atomic E-state index is -0.781. The van der Waals surface area contributed by atoms with Crippen LogP contribution in [-0.2, 0) is 16.0 Å². The molecule has 0 heterocycles. The second kappa shape index (κ2) is 11.8. The van der Waals surface area contributed by atoms with Crippen LogP contribution in [0.5, 0.6) is 0 Å². The molecule has 0 unspecified atom stereocenters. The van der Waals surface area contributed by atoms with Crippen molar-refractivity contribution in [1.82, 2.24) is 21.5 Å². The molecular weight excluding hydrogens is 388 g/mol. The van der Waals surface area contributed by atoms with Crippen molar-refractivity contribution in [3.05, 3.63) is 71.8 Å². The number of methoxy groups -OCH3 is 1. The first-order chi connectivity index (χ1) is 14.0. The Labute approximate surface area is 176 Å². The van der Waals surface area contributed by atoms with Crippen LogP contribution in [0.4, 0.5) is 0 Å². The van der Waals surface area contributed by atoms with Gasteiger partial charge < -0.3 is 15.4 Å². The zero-order valence-corrected chi connectivity index (χ0v) is 17.3. The summed E-state index contributed by atoms with van der Waals surface area (Å²) in [6.07, 6.45) is 0.340. The van der Waals surface area contributed by atoms with Crippen LogP contribution >= 0.6 is 12.2 Å². The topological polar surface area (TPSA) is 91.5 Å². The third-order valence-corrected chi connectivity index (χ3v) is 4.25. The molecule has 2 amide bonds. The molecule has 7 nitrogen and oxygen atoms in total. The summed E-state index contributed by atoms with van der Waals surface area (Å²) in [5.41, 5.74) is 6.63. The van der Waals surface area contributed by atoms with Crippen LogP contribution in [-0.4, -0.2) is 42.7 Å². The first-order valence-corrected chi connectivity index (χ1v) is 9.65. The summed E-state index contributed by atoms with van der Waals surface area (Å²) < 4.78 is 5.04. The van der Waals surface area contributed by atoms with Gasteiger partial charge in [0.15, 0.2) is 5.11 Å². The van der Waals surface area contributed by atoms with Crippen LogP contribution < -0.4 is 21.5 Å². The Balaban J connectivity index is 2.01. The molecule has 2 aromatic rings. The van der Waals surface area contributed by atoms with Gasteiger partial charge in [-0.25, -0.2) is 0 Å². The lowest BCUT2D eigenvalue weighted by Crippen LogP contribution is -2.56. The summed E-state index contributed by atoms with van der Waals surface area (Å²) in [7, 11) is 1.60. The van der Waals surface area contributed by atoms with E-state index in [1.54, 1.807) is 31.4 Å². The van der Waals surface area contributed by atoms with E-state index in [9.17, 15) is 9.59 Å². The lowest BCUT2D eigenvalue weighted by molar-refractivity contribution is -0.123. The lowest BCUT2D eigenvalue weighted by atomic mass is 10.0. The number of ether oxygens (including phenoxy) is 1. The highest BCUT2D eigenvalue weighted by Crippen LogP contribution is 2.05. The highest BCUT2D eigenvalue weighted by molar-refractivity contribution is 7.80. The van der Waals surface area contributed by atoms with Gasteiger partial charge in [-0.3, -0.25) is 20.4 Å². The van der Waals surface area contributed by atoms with Gasteiger partial charge in [0, 0.05) is 25.1 Å². The van der Waals surface area contributed by atoms with E-state index in [1.807, 2.05) is 43.3 Å². The van der Waals surface area contributed by atoms with E-state index >= 15 is 0 Å². The van der Waals surface area contributed by atoms with Crippen molar-refractivity contribution in [2.75, 3.05) is 13.7 Å². The third kappa shape index (κ3) is 7.89. The number of hydrazine groups is 1. The van der Waals surface area contributed by atoms with E-state index in [0.717, 1.165) is 5.56 Å². The maximum absolute atomic E-state index is 12.7. The van der Waals surface area contributed by atoms with Crippen LogP contribution in [0.3, 0.4) is 0 Å². The Hall–Kier alpha value is -2.97. The summed E-state index contributed by atoms with van der Waals surface area (Å²) in [6.45, 7) is 2.37. The molecule has 2 rings (SSSR count). The van der Waals surface area contributed by atoms with Crippen LogP contribution in [0.25, 0.3) is 0 Å². The van der Waals surface area contributed by atoms with E-state index in [1.165, 1.54) is 0 Å². The largest absolute Gasteiger partial charge is 0.383 e. The van der Waals surface area contributed by atoms with Gasteiger partial charge in [-0.05, 0) is 36.8 Å². The molecule has 0 fully saturated rings. The minimum Gasteiger partial charge on any atom is -0.383 e. The molecule has 154 valence electrons. The predicted molar refractivity (Wildman–Crippen MR) is 116 cm³/mol. The fourth-order valence-electron chi connectivity index (χ4n) is 2.65. The Morgan fingerprint density at radius 3 is 2.21 bits per heavy atom. The number of rotatable bonds is 8. The van der Waals surface area contributed by atoms with Gasteiger partial charge in [0.25, 0.3) is 11.8 Å². The maximum Gasteiger partial charge on any atom is 0.261 e. The van der Waals surface area contributed by atoms with Crippen LogP contribution in [0.1, 0.15) is 22.8 Å². The molecule has 29 heavy (non-hydrogen) atoms. The SMILES string of the molecule is COC[C@@H](C)NC(=S)NNC(=O)[C@@H](Cc1ccccc1)NC(=O)c1ccccc1. The molecular formula is C21H26N4O3S. The first-order valence-electron chi connectivity index (χ1n) is 9.24. The van der Waals surface area contributed by atoms with Gasteiger partial charge >= 0.3 is 0 Å². The Kier molecular flexibility index (Phi) is 9.07. The van der Waals surface area contributed by atoms with Crippen LogP contribution in [0.15, 0.2) is 60.7 Å². The van der Waals surface area contributed by atoms with Gasteiger partial charge in [-0.2, -0.15) is 0 Å². The van der Waals surface area contributed by atoms with E-state index in [-0.39, 0.29) is 17.1 Å². The van der Waals surface area contributed by atoms with Gasteiger partial charge in [-0.1, -0.05) is 48.5 Å². The van der Waals surface area contributed by atoms with Crippen molar-refractivity contribution in [2.24, 2.45) is 0 Å². The molecule has 0 saturated heterocycles. The van der Waals surface area contributed by atoms with E-state index < -0.39 is 11.9 Å². The average molecular weight is 415 g/mol. The van der Waals surface area contributed by atoms with Gasteiger partial charge in [0.1, 0.15) is 6.04 Å². The normalized spacial score (nSPS) is 12.3. The number of thiocarbonyl (C=S) groups is 1. The number of nitrogens with one attached hydrogen (secondary N) is 4. The van der Waals surface area contributed by atoms with Crippen LogP contribution in [0, 0.1) is 0 Å². The van der Waals surface area contributed by atoms with Crippen molar-refractivity contribution < 1.29 is 14.3 Å². The molecule has 0 aromatic heterocycles. The Bertz CT molecular complexity index is 802. The maximum atomic E-state index is 12.7. The van der Waals surface area contributed by atoms with Crippen molar-refractivity contribution in [3.63, 3.8) is 0 Å². The molecule has 0 spiro atoms. The van der Waals surface area contributed by atoms with Crippen molar-refractivity contribution in [3.8, 4) is 0 Å². The highest BCUT2D eigenvalue weighted by Gasteiger charge is 2.22. The molecule has 0 aliphatic carbocycles. The average Bonchev–Trinajstić information content (AvgIpc) is 2.73. The lowest BCUT2D eigenvalue weighted by Gasteiger charge is -2.21. The van der Waals surface area contributed by atoms with Crippen LogP contribution in [0.2, 0.25) is 0 Å². The molecule has 0 bridgehead atoms. The predicted octanol–water partition coefficient (Wildman–Crippen LogP) is 1.56. The van der Waals surface area contributed by atoms with E-state index in [0.29, 0.717) is 18.6 Å². The molecule has 2 aromatic carbocycles. The summed E-state index contributed by atoms with van der Waals surface area (Å²) in [5.74, 6) is -0.724. The highest BCUT2D eigenvalue weighted by atomic mass is 32.1. The van der Waals surface area contributed by atoms with Crippen molar-refractivity contribution in [2.45, 2.75) is 25.4 Å². The number of hydrogen-bond donors (Lipinski definition) is 4. The molecule has 0 saturated carbocycles. The molecule has 0 radical (unpaired) electrons. The van der Waals surface area contributed by atoms with Crippen molar-refractivity contribution in [1.29, 1.82) is 0 Å². The monoisotopic (exact) mass is 414 g/mol. The van der Waals surface area contributed by atoms with Crippen molar-refractivity contribution >= 4 is 29.1 Å². The fourth-order valence-corrected chi connectivity index (χ4v) is 2.90. The van der Waals surface area contributed by atoms with Gasteiger partial charge in [0.2, 0.25) is 0 Å². The third-order valence-electron chi connectivity index (χ3n) is 4.03. The number of amides is 2. The Morgan fingerprint density at radius 2 is 1.59 bits per heavy atom. The first kappa shape index (κ1) is 22.3. The minimum absolute atomic E-state index is 0.0187. The fraction of sp³-hybridized carbons (Fsp3) is 0.286. The zero-order chi connectivity index (χ0) is 21.1. The number of hydrogen-bond acceptors (Lipinski definition) is 4. The zero-order valence-electron chi connectivity index (χ0n) is 16.5. The molecule has 0 aliphatic rings.